The van der Waals surface area contributed by atoms with Gasteiger partial charge < -0.3 is 5.32 Å². The third kappa shape index (κ3) is 3.74. The number of nitrogens with one attached hydrogen (secondary N) is 1. The van der Waals surface area contributed by atoms with Gasteiger partial charge in [0.05, 0.1) is 12.1 Å². The van der Waals surface area contributed by atoms with Crippen LogP contribution in [0.2, 0.25) is 0 Å². The van der Waals surface area contributed by atoms with Gasteiger partial charge in [-0.1, -0.05) is 19.6 Å². The van der Waals surface area contributed by atoms with Crippen LogP contribution in [-0.2, 0) is 0 Å². The molecule has 0 aromatic heterocycles. The second kappa shape index (κ2) is 6.83. The van der Waals surface area contributed by atoms with Crippen LogP contribution in [0.1, 0.15) is 27.2 Å². The van der Waals surface area contributed by atoms with Gasteiger partial charge in [0, 0.05) is 18.1 Å². The molecule has 0 radical (unpaired) electrons. The van der Waals surface area contributed by atoms with Gasteiger partial charge in [0.1, 0.15) is 5.84 Å². The zero-order valence-corrected chi connectivity index (χ0v) is 12.0. The van der Waals surface area contributed by atoms with E-state index in [-0.39, 0.29) is 5.54 Å². The summed E-state index contributed by atoms with van der Waals surface area (Å²) in [6.45, 7) is 14.0. The monoisotopic (exact) mass is 258 g/mol. The van der Waals surface area contributed by atoms with Crippen LogP contribution in [0.15, 0.2) is 51.7 Å². The summed E-state index contributed by atoms with van der Waals surface area (Å²) in [5, 5.41) is 3.45. The van der Waals surface area contributed by atoms with Crippen LogP contribution >= 0.6 is 0 Å². The van der Waals surface area contributed by atoms with Crippen molar-refractivity contribution in [3.05, 3.63) is 36.7 Å². The van der Waals surface area contributed by atoms with Gasteiger partial charge in [-0.25, -0.2) is 0 Å². The lowest BCUT2D eigenvalue weighted by molar-refractivity contribution is 0.599. The Bertz CT molecular complexity index is 469. The molecule has 0 aliphatic carbocycles. The summed E-state index contributed by atoms with van der Waals surface area (Å²) in [5.41, 5.74) is 1.92. The molecule has 1 unspecified atom stereocenters. The summed E-state index contributed by atoms with van der Waals surface area (Å²) >= 11 is 0. The summed E-state index contributed by atoms with van der Waals surface area (Å²) in [5.74, 6) is 0.904. The topological polar surface area (TPSA) is 49.1 Å². The molecule has 0 aromatic rings. The van der Waals surface area contributed by atoms with Gasteiger partial charge in [-0.3, -0.25) is 15.0 Å². The number of rotatable bonds is 6. The average molecular weight is 258 g/mol. The van der Waals surface area contributed by atoms with Crippen molar-refractivity contribution in [2.45, 2.75) is 32.7 Å². The minimum Gasteiger partial charge on any atom is -0.358 e. The Morgan fingerprint density at radius 3 is 2.89 bits per heavy atom. The number of hydrogen-bond acceptors (Lipinski definition) is 4. The van der Waals surface area contributed by atoms with Crippen LogP contribution in [0.5, 0.6) is 0 Å². The van der Waals surface area contributed by atoms with Crippen molar-refractivity contribution in [1.29, 1.82) is 0 Å². The summed E-state index contributed by atoms with van der Waals surface area (Å²) in [7, 11) is 0. The Morgan fingerprint density at radius 1 is 1.58 bits per heavy atom. The van der Waals surface area contributed by atoms with Crippen LogP contribution in [0.4, 0.5) is 0 Å². The second-order valence-corrected chi connectivity index (χ2v) is 4.61. The largest absolute Gasteiger partial charge is 0.358 e. The average Bonchev–Trinajstić information content (AvgIpc) is 2.80. The number of hydrogen-bond donors (Lipinski definition) is 1. The fraction of sp³-hybridized carbons (Fsp3) is 0.400. The molecule has 4 heteroatoms. The van der Waals surface area contributed by atoms with E-state index >= 15 is 0 Å². The molecule has 102 valence electrons. The number of allylic oxidation sites excluding steroid dienone is 2. The Balaban J connectivity index is 2.83. The summed E-state index contributed by atoms with van der Waals surface area (Å²) in [6.07, 6.45) is 7.92. The Morgan fingerprint density at radius 2 is 2.32 bits per heavy atom. The molecule has 0 saturated heterocycles. The second-order valence-electron chi connectivity index (χ2n) is 4.61. The lowest BCUT2D eigenvalue weighted by Crippen LogP contribution is -2.49. The predicted molar refractivity (Wildman–Crippen MR) is 84.2 cm³/mol. The molecule has 1 rings (SSSR count). The first-order valence-electron chi connectivity index (χ1n) is 6.37. The molecule has 1 atom stereocenters. The molecule has 0 fully saturated rings. The van der Waals surface area contributed by atoms with Gasteiger partial charge in [-0.2, -0.15) is 0 Å². The Labute approximate surface area is 115 Å². The van der Waals surface area contributed by atoms with E-state index in [1.54, 1.807) is 12.4 Å². The molecule has 4 nitrogen and oxygen atoms in total. The van der Waals surface area contributed by atoms with Gasteiger partial charge >= 0.3 is 0 Å². The first-order valence-corrected chi connectivity index (χ1v) is 6.37. The highest BCUT2D eigenvalue weighted by molar-refractivity contribution is 6.06. The van der Waals surface area contributed by atoms with Crippen molar-refractivity contribution in [3.63, 3.8) is 0 Å². The van der Waals surface area contributed by atoms with E-state index in [9.17, 15) is 0 Å². The maximum Gasteiger partial charge on any atom is 0.124 e. The summed E-state index contributed by atoms with van der Waals surface area (Å²) < 4.78 is 0. The molecular weight excluding hydrogens is 236 g/mol. The molecule has 0 amide bonds. The van der Waals surface area contributed by atoms with E-state index in [0.717, 1.165) is 23.5 Å². The highest BCUT2D eigenvalue weighted by atomic mass is 15.2. The van der Waals surface area contributed by atoms with Gasteiger partial charge in [0.15, 0.2) is 0 Å². The van der Waals surface area contributed by atoms with E-state index in [2.05, 4.69) is 47.4 Å². The molecule has 19 heavy (non-hydrogen) atoms. The number of amidine groups is 1. The fourth-order valence-corrected chi connectivity index (χ4v) is 2.03. The van der Waals surface area contributed by atoms with E-state index in [0.29, 0.717) is 6.54 Å². The molecule has 1 aliphatic heterocycles. The van der Waals surface area contributed by atoms with Crippen molar-refractivity contribution < 1.29 is 0 Å². The highest BCUT2D eigenvalue weighted by Crippen LogP contribution is 2.18. The standard InChI is InChI=1S/C15H22N4/c1-6-13(17-7-2)15(4)11-18-14(19-15)12(3)9-8-10-16-5/h7-10H,2,5-6,11H2,1,3-4H3,(H,18,19)/b10-8-,12-9+,17-13-. The van der Waals surface area contributed by atoms with Gasteiger partial charge in [-0.15, -0.1) is 0 Å². The first kappa shape index (κ1) is 15.1. The number of nitrogens with zero attached hydrogens (tertiary/aromatic N) is 3. The van der Waals surface area contributed by atoms with Crippen LogP contribution < -0.4 is 5.32 Å². The quantitative estimate of drug-likeness (QED) is 0.578. The zero-order chi connectivity index (χ0) is 14.3. The molecule has 1 aliphatic rings. The molecule has 0 saturated carbocycles. The molecular formula is C15H22N4. The van der Waals surface area contributed by atoms with Crippen LogP contribution in [0, 0.1) is 0 Å². The predicted octanol–water partition coefficient (Wildman–Crippen LogP) is 2.90. The van der Waals surface area contributed by atoms with Crippen LogP contribution in [0.25, 0.3) is 0 Å². The van der Waals surface area contributed by atoms with Gasteiger partial charge in [0.2, 0.25) is 0 Å². The van der Waals surface area contributed by atoms with Crippen LogP contribution in [-0.4, -0.2) is 30.3 Å². The molecule has 0 spiro atoms. The van der Waals surface area contributed by atoms with Crippen molar-refractivity contribution in [2.24, 2.45) is 15.0 Å². The van der Waals surface area contributed by atoms with E-state index in [4.69, 9.17) is 0 Å². The third-order valence-corrected chi connectivity index (χ3v) is 3.08. The lowest BCUT2D eigenvalue weighted by Gasteiger charge is -2.26. The lowest BCUT2D eigenvalue weighted by atomic mass is 9.94. The first-order chi connectivity index (χ1) is 9.07. The van der Waals surface area contributed by atoms with Gasteiger partial charge in [-0.05, 0) is 38.6 Å². The molecule has 1 heterocycles. The SMILES string of the molecule is C=C/N=C(/CC)C1(C)CN=C(/C(C)=C/C=C\N=C)N1. The maximum atomic E-state index is 4.56. The van der Waals surface area contributed by atoms with Crippen molar-refractivity contribution in [2.75, 3.05) is 6.54 Å². The van der Waals surface area contributed by atoms with Gasteiger partial charge in [0.25, 0.3) is 0 Å². The molecule has 0 bridgehead atoms. The third-order valence-electron chi connectivity index (χ3n) is 3.08. The van der Waals surface area contributed by atoms with E-state index < -0.39 is 0 Å². The zero-order valence-electron chi connectivity index (χ0n) is 12.0. The van der Waals surface area contributed by atoms with Crippen LogP contribution in [0.3, 0.4) is 0 Å². The fourth-order valence-electron chi connectivity index (χ4n) is 2.03. The highest BCUT2D eigenvalue weighted by Gasteiger charge is 2.34. The normalized spacial score (nSPS) is 24.3. The molecule has 1 N–H and O–H groups in total. The van der Waals surface area contributed by atoms with E-state index in [1.165, 1.54) is 0 Å². The summed E-state index contributed by atoms with van der Waals surface area (Å²) in [4.78, 5) is 12.6. The summed E-state index contributed by atoms with van der Waals surface area (Å²) in [6, 6.07) is 0. The maximum absolute atomic E-state index is 4.56. The Kier molecular flexibility index (Phi) is 5.42. The van der Waals surface area contributed by atoms with Crippen molar-refractivity contribution in [3.8, 4) is 0 Å². The number of aliphatic imine (C=N–C) groups is 3. The smallest absolute Gasteiger partial charge is 0.124 e. The van der Waals surface area contributed by atoms with E-state index in [1.807, 2.05) is 19.1 Å². The minimum atomic E-state index is -0.215. The minimum absolute atomic E-state index is 0.215. The Hall–Kier alpha value is -1.97. The van der Waals surface area contributed by atoms with Crippen molar-refractivity contribution >= 4 is 18.3 Å². The van der Waals surface area contributed by atoms with Crippen molar-refractivity contribution in [1.82, 2.24) is 5.32 Å². The molecule has 0 aromatic carbocycles.